The predicted octanol–water partition coefficient (Wildman–Crippen LogP) is 4.71. The van der Waals surface area contributed by atoms with Gasteiger partial charge < -0.3 is 9.15 Å². The summed E-state index contributed by atoms with van der Waals surface area (Å²) >= 11 is 0. The van der Waals surface area contributed by atoms with Crippen LogP contribution in [0.25, 0.3) is 11.0 Å². The fraction of sp³-hybridized carbons (Fsp3) is 0.143. The molecule has 0 saturated heterocycles. The molecule has 1 aromatic heterocycles. The summed E-state index contributed by atoms with van der Waals surface area (Å²) in [5.41, 5.74) is -3.82. The predicted molar refractivity (Wildman–Crippen MR) is 123 cm³/mol. The van der Waals surface area contributed by atoms with E-state index >= 15 is 0 Å². The summed E-state index contributed by atoms with van der Waals surface area (Å²) < 4.78 is 24.4. The summed E-state index contributed by atoms with van der Waals surface area (Å²) in [6.07, 6.45) is 0. The van der Waals surface area contributed by atoms with E-state index in [-0.39, 0.29) is 16.9 Å². The first-order valence-corrected chi connectivity index (χ1v) is 11.0. The number of para-hydroxylation sites is 2. The minimum atomic E-state index is -1.97. The SMILES string of the molecule is C[C@]1(C(=O)c2ccc(F)cc2)[C@@H]2c3ccccc3OC(=O)[C@@]21C(=O)c1cc2ccccc2oc1=O. The van der Waals surface area contributed by atoms with Crippen molar-refractivity contribution in [3.8, 4) is 5.75 Å². The van der Waals surface area contributed by atoms with Gasteiger partial charge in [-0.25, -0.2) is 9.18 Å². The smallest absolute Gasteiger partial charge is 0.347 e. The van der Waals surface area contributed by atoms with Crippen LogP contribution in [0.5, 0.6) is 5.75 Å². The number of ketones is 2. The molecule has 0 N–H and O–H groups in total. The van der Waals surface area contributed by atoms with Gasteiger partial charge in [-0.2, -0.15) is 0 Å². The Labute approximate surface area is 198 Å². The first-order valence-electron chi connectivity index (χ1n) is 11.0. The summed E-state index contributed by atoms with van der Waals surface area (Å²) in [6, 6.07) is 19.7. The van der Waals surface area contributed by atoms with E-state index in [0.29, 0.717) is 16.5 Å². The van der Waals surface area contributed by atoms with E-state index in [4.69, 9.17) is 9.15 Å². The summed E-state index contributed by atoms with van der Waals surface area (Å²) in [7, 11) is 0. The third-order valence-electron chi connectivity index (χ3n) is 7.32. The van der Waals surface area contributed by atoms with Crippen LogP contribution in [0.1, 0.15) is 39.1 Å². The van der Waals surface area contributed by atoms with Crippen molar-refractivity contribution < 1.29 is 27.9 Å². The van der Waals surface area contributed by atoms with Crippen molar-refractivity contribution in [1.82, 2.24) is 0 Å². The largest absolute Gasteiger partial charge is 0.425 e. The van der Waals surface area contributed by atoms with Crippen LogP contribution in [0.2, 0.25) is 0 Å². The molecule has 1 aliphatic carbocycles. The maximum atomic E-state index is 14.1. The number of rotatable bonds is 4. The Hall–Kier alpha value is -4.39. The first-order chi connectivity index (χ1) is 16.8. The van der Waals surface area contributed by atoms with Crippen molar-refractivity contribution >= 4 is 28.5 Å². The van der Waals surface area contributed by atoms with Gasteiger partial charge in [0.15, 0.2) is 17.0 Å². The molecule has 7 heteroatoms. The fourth-order valence-electron chi connectivity index (χ4n) is 5.59. The van der Waals surface area contributed by atoms with Crippen LogP contribution in [-0.2, 0) is 4.79 Å². The fourth-order valence-corrected chi connectivity index (χ4v) is 5.59. The molecule has 3 atom stereocenters. The van der Waals surface area contributed by atoms with E-state index in [1.165, 1.54) is 25.1 Å². The Bertz CT molecular complexity index is 1640. The average Bonchev–Trinajstić information content (AvgIpc) is 3.46. The van der Waals surface area contributed by atoms with Gasteiger partial charge in [0.1, 0.15) is 22.7 Å². The van der Waals surface area contributed by atoms with Crippen molar-refractivity contribution in [3.05, 3.63) is 112 Å². The molecular formula is C28H17FO6. The Morgan fingerprint density at radius 2 is 1.57 bits per heavy atom. The van der Waals surface area contributed by atoms with Crippen molar-refractivity contribution in [2.75, 3.05) is 0 Å². The van der Waals surface area contributed by atoms with Crippen LogP contribution < -0.4 is 10.4 Å². The van der Waals surface area contributed by atoms with Crippen molar-refractivity contribution in [2.24, 2.45) is 10.8 Å². The molecule has 172 valence electrons. The maximum Gasteiger partial charge on any atom is 0.347 e. The number of benzene rings is 3. The molecule has 0 unspecified atom stereocenters. The van der Waals surface area contributed by atoms with Crippen LogP contribution in [0.4, 0.5) is 4.39 Å². The molecule has 0 spiro atoms. The number of hydrogen-bond acceptors (Lipinski definition) is 6. The standard InChI is InChI=1S/C28H17FO6/c1-27(23(30)15-10-12-17(29)13-11-15)22-18-7-3-5-9-21(18)35-26(33)28(22,27)24(31)19-14-16-6-2-4-8-20(16)34-25(19)32/h2-14,22H,1H3/t22-,27+,28-/m0/s1. The minimum Gasteiger partial charge on any atom is -0.425 e. The van der Waals surface area contributed by atoms with Gasteiger partial charge in [0.25, 0.3) is 0 Å². The number of Topliss-reactive ketones (excluding diaryl/α,β-unsaturated/α-hetero) is 2. The average molecular weight is 468 g/mol. The molecule has 35 heavy (non-hydrogen) atoms. The van der Waals surface area contributed by atoms with Crippen molar-refractivity contribution in [2.45, 2.75) is 12.8 Å². The molecule has 2 aliphatic rings. The zero-order chi connectivity index (χ0) is 24.5. The molecular weight excluding hydrogens is 451 g/mol. The van der Waals surface area contributed by atoms with Crippen LogP contribution >= 0.6 is 0 Å². The molecule has 0 bridgehead atoms. The number of halogens is 1. The molecule has 0 amide bonds. The lowest BCUT2D eigenvalue weighted by atomic mass is 9.82. The van der Waals surface area contributed by atoms with Crippen LogP contribution in [0, 0.1) is 16.6 Å². The Kier molecular flexibility index (Phi) is 4.27. The number of ether oxygens (including phenoxy) is 1. The van der Waals surface area contributed by atoms with Crippen LogP contribution in [0.3, 0.4) is 0 Å². The van der Waals surface area contributed by atoms with Gasteiger partial charge in [0.2, 0.25) is 0 Å². The molecule has 6 rings (SSSR count). The lowest BCUT2D eigenvalue weighted by Crippen LogP contribution is -2.40. The zero-order valence-corrected chi connectivity index (χ0v) is 18.4. The van der Waals surface area contributed by atoms with Crippen LogP contribution in [-0.4, -0.2) is 17.5 Å². The third kappa shape index (κ3) is 2.63. The molecule has 1 fully saturated rings. The van der Waals surface area contributed by atoms with Gasteiger partial charge in [0.05, 0.1) is 5.41 Å². The van der Waals surface area contributed by atoms with Crippen molar-refractivity contribution in [3.63, 3.8) is 0 Å². The monoisotopic (exact) mass is 468 g/mol. The third-order valence-corrected chi connectivity index (χ3v) is 7.32. The quantitative estimate of drug-likeness (QED) is 0.142. The maximum absolute atomic E-state index is 14.1. The van der Waals surface area contributed by atoms with Gasteiger partial charge in [-0.3, -0.25) is 14.4 Å². The van der Waals surface area contributed by atoms with Gasteiger partial charge in [-0.05, 0) is 42.5 Å². The minimum absolute atomic E-state index is 0.145. The molecule has 6 nitrogen and oxygen atoms in total. The lowest BCUT2D eigenvalue weighted by molar-refractivity contribution is -0.140. The number of carbonyl (C=O) groups is 3. The highest BCUT2D eigenvalue weighted by Gasteiger charge is 2.87. The topological polar surface area (TPSA) is 90.7 Å². The zero-order valence-electron chi connectivity index (χ0n) is 18.4. The highest BCUT2D eigenvalue weighted by Crippen LogP contribution is 2.79. The summed E-state index contributed by atoms with van der Waals surface area (Å²) in [5.74, 6) is -3.40. The van der Waals surface area contributed by atoms with Crippen LogP contribution in [0.15, 0.2) is 88.1 Å². The molecule has 2 heterocycles. The molecule has 1 saturated carbocycles. The van der Waals surface area contributed by atoms with E-state index in [1.54, 1.807) is 48.5 Å². The summed E-state index contributed by atoms with van der Waals surface area (Å²) in [4.78, 5) is 54.3. The first kappa shape index (κ1) is 21.2. The Morgan fingerprint density at radius 1 is 0.886 bits per heavy atom. The van der Waals surface area contributed by atoms with Gasteiger partial charge in [-0.15, -0.1) is 0 Å². The van der Waals surface area contributed by atoms with Gasteiger partial charge in [-0.1, -0.05) is 43.3 Å². The normalized spacial score (nSPS) is 24.3. The highest BCUT2D eigenvalue weighted by molar-refractivity contribution is 6.25. The molecule has 1 aliphatic heterocycles. The van der Waals surface area contributed by atoms with E-state index < -0.39 is 45.7 Å². The number of fused-ring (bicyclic) bond motifs is 4. The van der Waals surface area contributed by atoms with E-state index in [1.807, 2.05) is 0 Å². The number of esters is 1. The van der Waals surface area contributed by atoms with E-state index in [0.717, 1.165) is 12.1 Å². The molecule has 0 radical (unpaired) electrons. The van der Waals surface area contributed by atoms with Gasteiger partial charge >= 0.3 is 11.6 Å². The van der Waals surface area contributed by atoms with Gasteiger partial charge in [0, 0.05) is 22.4 Å². The Balaban J connectivity index is 1.58. The highest BCUT2D eigenvalue weighted by atomic mass is 19.1. The van der Waals surface area contributed by atoms with E-state index in [2.05, 4.69) is 0 Å². The lowest BCUT2D eigenvalue weighted by Gasteiger charge is -2.22. The summed E-state index contributed by atoms with van der Waals surface area (Å²) in [6.45, 7) is 1.52. The second-order valence-electron chi connectivity index (χ2n) is 9.02. The number of hydrogen-bond donors (Lipinski definition) is 0. The molecule has 4 aromatic rings. The summed E-state index contributed by atoms with van der Waals surface area (Å²) in [5, 5.41) is 0.500. The number of carbonyl (C=O) groups excluding carboxylic acids is 3. The second kappa shape index (κ2) is 7.06. The van der Waals surface area contributed by atoms with Crippen molar-refractivity contribution in [1.29, 1.82) is 0 Å². The molecule has 3 aromatic carbocycles. The van der Waals surface area contributed by atoms with E-state index in [9.17, 15) is 23.6 Å². The Morgan fingerprint density at radius 3 is 2.34 bits per heavy atom. The second-order valence-corrected chi connectivity index (χ2v) is 9.02.